The molecule has 4 heteroatoms. The molecule has 0 radical (unpaired) electrons. The number of halogens is 1. The van der Waals surface area contributed by atoms with E-state index < -0.39 is 0 Å². The number of carbonyl (C=O) groups is 1. The van der Waals surface area contributed by atoms with Gasteiger partial charge in [-0.1, -0.05) is 61.9 Å². The Kier molecular flexibility index (Phi) is 6.44. The lowest BCUT2D eigenvalue weighted by Crippen LogP contribution is -2.19. The van der Waals surface area contributed by atoms with Crippen molar-refractivity contribution in [1.82, 2.24) is 0 Å². The van der Waals surface area contributed by atoms with E-state index in [1.165, 1.54) is 49.7 Å². The quantitative estimate of drug-likeness (QED) is 0.557. The molecule has 0 saturated heterocycles. The minimum atomic E-state index is 0.0358. The van der Waals surface area contributed by atoms with Crippen LogP contribution in [0.25, 0.3) is 0 Å². The minimum Gasteiger partial charge on any atom is -0.485 e. The van der Waals surface area contributed by atoms with Crippen LogP contribution in [0, 0.1) is 11.8 Å². The third kappa shape index (κ3) is 4.95. The van der Waals surface area contributed by atoms with Crippen LogP contribution in [-0.2, 0) is 11.2 Å². The second kappa shape index (κ2) is 9.21. The zero-order chi connectivity index (χ0) is 20.2. The molecule has 0 aliphatic heterocycles. The summed E-state index contributed by atoms with van der Waals surface area (Å²) in [6, 6.07) is 14.1. The average molecular weight is 412 g/mol. The molecule has 2 aliphatic rings. The van der Waals surface area contributed by atoms with Crippen molar-refractivity contribution in [3.63, 3.8) is 0 Å². The largest absolute Gasteiger partial charge is 0.485 e. The van der Waals surface area contributed by atoms with E-state index in [1.807, 2.05) is 36.4 Å². The summed E-state index contributed by atoms with van der Waals surface area (Å²) in [5, 5.41) is 4.02. The van der Waals surface area contributed by atoms with Crippen molar-refractivity contribution in [1.29, 1.82) is 0 Å². The number of benzene rings is 2. The zero-order valence-electron chi connectivity index (χ0n) is 17.1. The smallest absolute Gasteiger partial charge is 0.148 e. The standard InChI is InChI=1S/C25H30ClNO2/c1-17(28)16-27-20-9-5-10-21(15-20)29-25-19(13-18-7-3-2-4-8-18)14-23-22(25)11-6-12-24(23)26/h5-6,9-12,15,18-19,25,27H,2-4,7-8,13-14,16H2,1H3/t19-,25+/m0/s1. The second-order valence-corrected chi connectivity index (χ2v) is 9.04. The molecule has 2 atom stereocenters. The van der Waals surface area contributed by atoms with Gasteiger partial charge in [-0.15, -0.1) is 0 Å². The van der Waals surface area contributed by atoms with Crippen molar-refractivity contribution < 1.29 is 9.53 Å². The predicted octanol–water partition coefficient (Wildman–Crippen LogP) is 6.60. The number of hydrogen-bond acceptors (Lipinski definition) is 3. The first kappa shape index (κ1) is 20.3. The summed E-state index contributed by atoms with van der Waals surface area (Å²) >= 11 is 6.54. The molecule has 0 amide bonds. The van der Waals surface area contributed by atoms with Crippen LogP contribution in [0.3, 0.4) is 0 Å². The van der Waals surface area contributed by atoms with Gasteiger partial charge in [-0.2, -0.15) is 0 Å². The molecule has 0 bridgehead atoms. The minimum absolute atomic E-state index is 0.0358. The topological polar surface area (TPSA) is 38.3 Å². The summed E-state index contributed by atoms with van der Waals surface area (Å²) in [6.45, 7) is 1.91. The van der Waals surface area contributed by atoms with Crippen LogP contribution in [-0.4, -0.2) is 12.3 Å². The van der Waals surface area contributed by atoms with E-state index in [4.69, 9.17) is 16.3 Å². The van der Waals surface area contributed by atoms with Gasteiger partial charge in [-0.3, -0.25) is 4.79 Å². The van der Waals surface area contributed by atoms with Crippen LogP contribution in [0.4, 0.5) is 5.69 Å². The molecule has 1 saturated carbocycles. The van der Waals surface area contributed by atoms with Gasteiger partial charge in [0.15, 0.2) is 0 Å². The van der Waals surface area contributed by atoms with Crippen LogP contribution in [0.15, 0.2) is 42.5 Å². The monoisotopic (exact) mass is 411 g/mol. The number of ketones is 1. The van der Waals surface area contributed by atoms with Gasteiger partial charge in [0.25, 0.3) is 0 Å². The van der Waals surface area contributed by atoms with E-state index in [0.29, 0.717) is 12.5 Å². The first-order valence-electron chi connectivity index (χ1n) is 10.9. The summed E-state index contributed by atoms with van der Waals surface area (Å²) < 4.78 is 6.57. The molecule has 0 aromatic heterocycles. The SMILES string of the molecule is CC(=O)CNc1cccc(O[C@H]2c3cccc(Cl)c3C[C@@H]2CC2CCCCC2)c1. The van der Waals surface area contributed by atoms with Crippen LogP contribution in [0.5, 0.6) is 5.75 Å². The van der Waals surface area contributed by atoms with E-state index in [0.717, 1.165) is 28.8 Å². The van der Waals surface area contributed by atoms with Crippen molar-refractivity contribution >= 4 is 23.1 Å². The lowest BCUT2D eigenvalue weighted by molar-refractivity contribution is -0.115. The predicted molar refractivity (Wildman–Crippen MR) is 119 cm³/mol. The van der Waals surface area contributed by atoms with Gasteiger partial charge >= 0.3 is 0 Å². The third-order valence-corrected chi connectivity index (χ3v) is 6.71. The summed E-state index contributed by atoms with van der Waals surface area (Å²) in [5.41, 5.74) is 3.40. The molecule has 1 fully saturated rings. The van der Waals surface area contributed by atoms with E-state index in [2.05, 4.69) is 11.4 Å². The van der Waals surface area contributed by atoms with E-state index in [9.17, 15) is 4.79 Å². The molecule has 29 heavy (non-hydrogen) atoms. The van der Waals surface area contributed by atoms with Crippen molar-refractivity contribution in [3.8, 4) is 5.75 Å². The molecule has 4 rings (SSSR count). The van der Waals surface area contributed by atoms with Gasteiger partial charge in [0.1, 0.15) is 17.6 Å². The van der Waals surface area contributed by atoms with Crippen molar-refractivity contribution in [2.45, 2.75) is 58.0 Å². The maximum absolute atomic E-state index is 11.3. The molecular weight excluding hydrogens is 382 g/mol. The Labute approximate surface area is 178 Å². The number of rotatable bonds is 7. The molecular formula is C25H30ClNO2. The van der Waals surface area contributed by atoms with Gasteiger partial charge in [-0.05, 0) is 55.0 Å². The van der Waals surface area contributed by atoms with Gasteiger partial charge in [0.05, 0.1) is 6.54 Å². The highest BCUT2D eigenvalue weighted by Crippen LogP contribution is 2.46. The molecule has 0 spiro atoms. The summed E-state index contributed by atoms with van der Waals surface area (Å²) in [5.74, 6) is 2.21. The highest BCUT2D eigenvalue weighted by Gasteiger charge is 2.37. The lowest BCUT2D eigenvalue weighted by atomic mass is 9.81. The van der Waals surface area contributed by atoms with Gasteiger partial charge in [0.2, 0.25) is 0 Å². The van der Waals surface area contributed by atoms with Crippen molar-refractivity contribution in [2.24, 2.45) is 11.8 Å². The van der Waals surface area contributed by atoms with Crippen LogP contribution < -0.4 is 10.1 Å². The Morgan fingerprint density at radius 3 is 2.72 bits per heavy atom. The molecule has 2 aliphatic carbocycles. The highest BCUT2D eigenvalue weighted by atomic mass is 35.5. The Morgan fingerprint density at radius 2 is 1.93 bits per heavy atom. The number of Topliss-reactive ketones (excluding diaryl/α,β-unsaturated/α-hetero) is 1. The Hall–Kier alpha value is -2.00. The molecule has 1 N–H and O–H groups in total. The summed E-state index contributed by atoms with van der Waals surface area (Å²) in [7, 11) is 0. The van der Waals surface area contributed by atoms with E-state index in [-0.39, 0.29) is 11.9 Å². The molecule has 154 valence electrons. The molecule has 2 aromatic rings. The fourth-order valence-corrected chi connectivity index (χ4v) is 5.21. The molecule has 0 heterocycles. The van der Waals surface area contributed by atoms with E-state index in [1.54, 1.807) is 6.92 Å². The van der Waals surface area contributed by atoms with Crippen molar-refractivity contribution in [3.05, 3.63) is 58.6 Å². The Bertz CT molecular complexity index is 860. The van der Waals surface area contributed by atoms with Crippen LogP contribution in [0.2, 0.25) is 5.02 Å². The van der Waals surface area contributed by atoms with Crippen LogP contribution in [0.1, 0.15) is 62.7 Å². The highest BCUT2D eigenvalue weighted by molar-refractivity contribution is 6.31. The number of nitrogens with one attached hydrogen (secondary N) is 1. The van der Waals surface area contributed by atoms with Gasteiger partial charge < -0.3 is 10.1 Å². The maximum Gasteiger partial charge on any atom is 0.148 e. The van der Waals surface area contributed by atoms with E-state index >= 15 is 0 Å². The second-order valence-electron chi connectivity index (χ2n) is 8.63. The lowest BCUT2D eigenvalue weighted by Gasteiger charge is -2.28. The fraction of sp³-hybridized carbons (Fsp3) is 0.480. The fourth-order valence-electron chi connectivity index (χ4n) is 4.95. The zero-order valence-corrected chi connectivity index (χ0v) is 17.9. The summed E-state index contributed by atoms with van der Waals surface area (Å²) in [6.07, 6.45) is 9.04. The average Bonchev–Trinajstić information content (AvgIpc) is 3.06. The third-order valence-electron chi connectivity index (χ3n) is 6.36. The number of ether oxygens (including phenoxy) is 1. The number of anilines is 1. The Balaban J connectivity index is 1.54. The normalized spacial score (nSPS) is 21.6. The first-order chi connectivity index (χ1) is 14.1. The maximum atomic E-state index is 11.3. The number of hydrogen-bond donors (Lipinski definition) is 1. The number of fused-ring (bicyclic) bond motifs is 1. The van der Waals surface area contributed by atoms with Gasteiger partial charge in [0, 0.05) is 22.7 Å². The Morgan fingerprint density at radius 1 is 1.14 bits per heavy atom. The van der Waals surface area contributed by atoms with Gasteiger partial charge in [-0.25, -0.2) is 0 Å². The summed E-state index contributed by atoms with van der Waals surface area (Å²) in [4.78, 5) is 11.3. The first-order valence-corrected chi connectivity index (χ1v) is 11.3. The number of carbonyl (C=O) groups excluding carboxylic acids is 1. The molecule has 0 unspecified atom stereocenters. The molecule has 2 aromatic carbocycles. The van der Waals surface area contributed by atoms with Crippen LogP contribution >= 0.6 is 11.6 Å². The molecule has 3 nitrogen and oxygen atoms in total. The van der Waals surface area contributed by atoms with Crippen molar-refractivity contribution in [2.75, 3.05) is 11.9 Å².